The average Bonchev–Trinajstić information content (AvgIpc) is 2.87. The molecule has 1 aliphatic carbocycles. The number of nitrogens with two attached hydrogens (primary N) is 1. The van der Waals surface area contributed by atoms with Gasteiger partial charge in [-0.05, 0) is 6.42 Å². The van der Waals surface area contributed by atoms with Gasteiger partial charge >= 0.3 is 5.97 Å². The fraction of sp³-hybridized carbons (Fsp3) is 0.444. The minimum atomic E-state index is -0.976. The summed E-state index contributed by atoms with van der Waals surface area (Å²) >= 11 is 0. The Bertz CT molecular complexity index is 522. The number of anilines is 1. The van der Waals surface area contributed by atoms with Crippen molar-refractivity contribution in [1.82, 2.24) is 9.55 Å². The van der Waals surface area contributed by atoms with Crippen molar-refractivity contribution in [2.24, 2.45) is 5.92 Å². The van der Waals surface area contributed by atoms with E-state index in [-0.39, 0.29) is 17.5 Å². The molecule has 0 spiro atoms. The second-order valence-electron chi connectivity index (χ2n) is 4.04. The summed E-state index contributed by atoms with van der Waals surface area (Å²) in [6.45, 7) is 0. The van der Waals surface area contributed by atoms with Crippen LogP contribution in [0.1, 0.15) is 24.2 Å². The molecule has 0 radical (unpaired) electrons. The molecule has 6 nitrogen and oxygen atoms in total. The molecule has 15 heavy (non-hydrogen) atoms. The van der Waals surface area contributed by atoms with Crippen molar-refractivity contribution >= 4 is 11.7 Å². The number of nitrogen functional groups attached to an aromatic ring is 1. The Morgan fingerprint density at radius 3 is 3.07 bits per heavy atom. The summed E-state index contributed by atoms with van der Waals surface area (Å²) in [7, 11) is 0. The van der Waals surface area contributed by atoms with E-state index in [0.29, 0.717) is 5.82 Å². The highest BCUT2D eigenvalue weighted by Gasteiger charge is 2.56. The second kappa shape index (κ2) is 2.39. The summed E-state index contributed by atoms with van der Waals surface area (Å²) in [5, 5.41) is 9.04. The van der Waals surface area contributed by atoms with E-state index in [0.717, 1.165) is 6.42 Å². The van der Waals surface area contributed by atoms with E-state index in [9.17, 15) is 9.59 Å². The van der Waals surface area contributed by atoms with Crippen molar-refractivity contribution in [2.45, 2.75) is 18.4 Å². The molecule has 0 aromatic carbocycles. The van der Waals surface area contributed by atoms with Crippen molar-refractivity contribution in [1.29, 1.82) is 0 Å². The van der Waals surface area contributed by atoms with Crippen LogP contribution in [-0.4, -0.2) is 20.6 Å². The highest BCUT2D eigenvalue weighted by molar-refractivity contribution is 5.74. The smallest absolute Gasteiger partial charge is 0.327 e. The lowest BCUT2D eigenvalue weighted by Crippen LogP contribution is -2.32. The molecule has 3 rings (SSSR count). The van der Waals surface area contributed by atoms with Gasteiger partial charge < -0.3 is 10.8 Å². The quantitative estimate of drug-likeness (QED) is 0.651. The molecule has 78 valence electrons. The standard InChI is InChI=1S/C9H9N3O3/c10-5-2-11-7-4-1-3(4)6(9(14)15)12(7)8(5)13/h2-4,6H,1,10H2,(H,14,15)/t3-,4+,6+/m1/s1. The number of hydrogen-bond acceptors (Lipinski definition) is 4. The first-order valence-corrected chi connectivity index (χ1v) is 4.71. The lowest BCUT2D eigenvalue weighted by molar-refractivity contribution is -0.141. The number of nitrogens with zero attached hydrogens (tertiary/aromatic N) is 2. The van der Waals surface area contributed by atoms with E-state index >= 15 is 0 Å². The molecular weight excluding hydrogens is 198 g/mol. The van der Waals surface area contributed by atoms with Crippen LogP contribution in [0.25, 0.3) is 0 Å². The van der Waals surface area contributed by atoms with E-state index in [2.05, 4.69) is 4.98 Å². The molecule has 0 amide bonds. The van der Waals surface area contributed by atoms with Crippen LogP contribution >= 0.6 is 0 Å². The van der Waals surface area contributed by atoms with Crippen LogP contribution in [0.5, 0.6) is 0 Å². The topological polar surface area (TPSA) is 98.2 Å². The van der Waals surface area contributed by atoms with Crippen LogP contribution in [-0.2, 0) is 4.79 Å². The molecule has 0 saturated heterocycles. The first-order chi connectivity index (χ1) is 7.11. The molecule has 2 heterocycles. The maximum Gasteiger partial charge on any atom is 0.327 e. The minimum absolute atomic E-state index is 0.00583. The molecule has 6 heteroatoms. The highest BCUT2D eigenvalue weighted by atomic mass is 16.4. The Morgan fingerprint density at radius 1 is 1.67 bits per heavy atom. The molecule has 2 aliphatic rings. The van der Waals surface area contributed by atoms with Crippen molar-refractivity contribution in [3.05, 3.63) is 22.4 Å². The molecule has 1 aromatic rings. The predicted molar refractivity (Wildman–Crippen MR) is 50.4 cm³/mol. The molecule has 3 atom stereocenters. The van der Waals surface area contributed by atoms with Gasteiger partial charge in [-0.3, -0.25) is 9.36 Å². The summed E-state index contributed by atoms with van der Waals surface area (Å²) in [6, 6.07) is -0.770. The largest absolute Gasteiger partial charge is 0.480 e. The Labute approximate surface area is 84.4 Å². The summed E-state index contributed by atoms with van der Waals surface area (Å²) in [6.07, 6.45) is 2.13. The number of carboxylic acid groups (broad SMARTS) is 1. The SMILES string of the molecule is Nc1cnc2n(c1=O)[C@H](C(=O)O)[C@@H]1C[C@H]21. The summed E-state index contributed by atoms with van der Waals surface area (Å²) in [4.78, 5) is 26.8. The van der Waals surface area contributed by atoms with Crippen LogP contribution in [0.3, 0.4) is 0 Å². The van der Waals surface area contributed by atoms with Crippen molar-refractivity contribution in [2.75, 3.05) is 5.73 Å². The number of aliphatic carboxylic acids is 1. The Hall–Kier alpha value is -1.85. The van der Waals surface area contributed by atoms with Gasteiger partial charge in [0.2, 0.25) is 0 Å². The molecule has 1 aliphatic heterocycles. The molecule has 3 N–H and O–H groups in total. The van der Waals surface area contributed by atoms with Crippen LogP contribution < -0.4 is 11.3 Å². The summed E-state index contributed by atoms with van der Waals surface area (Å²) < 4.78 is 1.23. The molecule has 1 aromatic heterocycles. The van der Waals surface area contributed by atoms with Crippen molar-refractivity contribution in [3.63, 3.8) is 0 Å². The zero-order valence-corrected chi connectivity index (χ0v) is 7.75. The monoisotopic (exact) mass is 207 g/mol. The van der Waals surface area contributed by atoms with Gasteiger partial charge in [-0.25, -0.2) is 9.78 Å². The van der Waals surface area contributed by atoms with Gasteiger partial charge in [-0.2, -0.15) is 0 Å². The average molecular weight is 207 g/mol. The first-order valence-electron chi connectivity index (χ1n) is 4.71. The van der Waals surface area contributed by atoms with Crippen LogP contribution in [0.2, 0.25) is 0 Å². The van der Waals surface area contributed by atoms with Gasteiger partial charge in [0.1, 0.15) is 17.6 Å². The van der Waals surface area contributed by atoms with Crippen LogP contribution in [0.15, 0.2) is 11.0 Å². The van der Waals surface area contributed by atoms with Gasteiger partial charge in [0, 0.05) is 11.8 Å². The van der Waals surface area contributed by atoms with Crippen molar-refractivity contribution < 1.29 is 9.90 Å². The van der Waals surface area contributed by atoms with Gasteiger partial charge in [0.05, 0.1) is 6.20 Å². The van der Waals surface area contributed by atoms with Gasteiger partial charge in [-0.1, -0.05) is 0 Å². The first kappa shape index (κ1) is 8.46. The number of aromatic nitrogens is 2. The van der Waals surface area contributed by atoms with Gasteiger partial charge in [0.25, 0.3) is 5.56 Å². The predicted octanol–water partition coefficient (Wildman–Crippen LogP) is -0.432. The van der Waals surface area contributed by atoms with E-state index in [4.69, 9.17) is 10.8 Å². The fourth-order valence-electron chi connectivity index (χ4n) is 2.38. The maximum absolute atomic E-state index is 11.7. The number of carbonyl (C=O) groups is 1. The second-order valence-corrected chi connectivity index (χ2v) is 4.04. The van der Waals surface area contributed by atoms with E-state index < -0.39 is 17.6 Å². The fourth-order valence-corrected chi connectivity index (χ4v) is 2.38. The number of rotatable bonds is 1. The van der Waals surface area contributed by atoms with Gasteiger partial charge in [0.15, 0.2) is 0 Å². The van der Waals surface area contributed by atoms with Crippen molar-refractivity contribution in [3.8, 4) is 0 Å². The minimum Gasteiger partial charge on any atom is -0.480 e. The molecule has 1 fully saturated rings. The molecule has 0 bridgehead atoms. The highest BCUT2D eigenvalue weighted by Crippen LogP contribution is 2.58. The Morgan fingerprint density at radius 2 is 2.40 bits per heavy atom. The lowest BCUT2D eigenvalue weighted by Gasteiger charge is -2.12. The maximum atomic E-state index is 11.7. The normalized spacial score (nSPS) is 30.8. The zero-order valence-electron chi connectivity index (χ0n) is 7.75. The third-order valence-electron chi connectivity index (χ3n) is 3.16. The summed E-state index contributed by atoms with van der Waals surface area (Å²) in [5.41, 5.74) is 5.00. The number of fused-ring (bicyclic) bond motifs is 3. The summed E-state index contributed by atoms with van der Waals surface area (Å²) in [5.74, 6) is -0.230. The molecule has 1 saturated carbocycles. The lowest BCUT2D eigenvalue weighted by atomic mass is 10.2. The number of carboxylic acids is 1. The molecule has 0 unspecified atom stereocenters. The van der Waals surface area contributed by atoms with Crippen LogP contribution in [0, 0.1) is 5.92 Å². The molecular formula is C9H9N3O3. The number of hydrogen-bond donors (Lipinski definition) is 2. The third-order valence-corrected chi connectivity index (χ3v) is 3.16. The third kappa shape index (κ3) is 0.907. The zero-order chi connectivity index (χ0) is 10.7. The van der Waals surface area contributed by atoms with E-state index in [1.165, 1.54) is 10.8 Å². The Kier molecular flexibility index (Phi) is 1.35. The van der Waals surface area contributed by atoms with E-state index in [1.807, 2.05) is 0 Å². The Balaban J connectivity index is 2.27. The van der Waals surface area contributed by atoms with Gasteiger partial charge in [-0.15, -0.1) is 0 Å². The van der Waals surface area contributed by atoms with Crippen LogP contribution in [0.4, 0.5) is 5.69 Å². The van der Waals surface area contributed by atoms with E-state index in [1.54, 1.807) is 0 Å².